The normalized spacial score (nSPS) is 17.7. The van der Waals surface area contributed by atoms with E-state index in [0.29, 0.717) is 5.92 Å². The van der Waals surface area contributed by atoms with E-state index in [1.165, 1.54) is 23.7 Å². The zero-order valence-corrected chi connectivity index (χ0v) is 14.1. The van der Waals surface area contributed by atoms with Crippen molar-refractivity contribution >= 4 is 17.5 Å². The summed E-state index contributed by atoms with van der Waals surface area (Å²) < 4.78 is 17.0. The average molecular weight is 349 g/mol. The number of nitrogens with zero attached hydrogens (tertiary/aromatic N) is 3. The van der Waals surface area contributed by atoms with E-state index in [0.717, 1.165) is 43.7 Å². The van der Waals surface area contributed by atoms with Crippen molar-refractivity contribution in [1.29, 1.82) is 0 Å². The highest BCUT2D eigenvalue weighted by atomic mass is 32.1. The van der Waals surface area contributed by atoms with Crippen LogP contribution in [0.25, 0.3) is 0 Å². The predicted octanol–water partition coefficient (Wildman–Crippen LogP) is 3.15. The summed E-state index contributed by atoms with van der Waals surface area (Å²) >= 11 is 1.36. The number of aliphatic carboxylic acids is 1. The van der Waals surface area contributed by atoms with Crippen molar-refractivity contribution in [1.82, 2.24) is 14.5 Å². The van der Waals surface area contributed by atoms with Gasteiger partial charge in [0.2, 0.25) is 0 Å². The molecule has 1 N–H and O–H groups in total. The molecule has 1 atom stereocenters. The minimum absolute atomic E-state index is 0.0637. The first-order valence-electron chi connectivity index (χ1n) is 8.07. The molecule has 1 aliphatic heterocycles. The third-order valence-corrected chi connectivity index (χ3v) is 5.24. The number of carboxylic acids is 1. The second kappa shape index (κ2) is 7.81. The zero-order chi connectivity index (χ0) is 16.9. The van der Waals surface area contributed by atoms with Gasteiger partial charge in [0.25, 0.3) is 0 Å². The van der Waals surface area contributed by atoms with Crippen LogP contribution in [0.2, 0.25) is 0 Å². The molecule has 1 unspecified atom stereocenters. The summed E-state index contributed by atoms with van der Waals surface area (Å²) in [7, 11) is 0. The molecule has 3 rings (SSSR count). The number of hydrogen-bond acceptors (Lipinski definition) is 5. The summed E-state index contributed by atoms with van der Waals surface area (Å²) in [5.74, 6) is -0.859. The van der Waals surface area contributed by atoms with Crippen molar-refractivity contribution in [3.63, 3.8) is 0 Å². The van der Waals surface area contributed by atoms with Crippen LogP contribution in [0.4, 0.5) is 4.39 Å². The van der Waals surface area contributed by atoms with Crippen molar-refractivity contribution in [3.05, 3.63) is 46.7 Å². The van der Waals surface area contributed by atoms with E-state index in [9.17, 15) is 14.3 Å². The number of hydrogen-bond donors (Lipinski definition) is 1. The molecule has 0 bridgehead atoms. The van der Waals surface area contributed by atoms with Crippen LogP contribution in [0.1, 0.15) is 36.4 Å². The minimum atomic E-state index is -0.805. The molecule has 0 amide bonds. The Labute approximate surface area is 144 Å². The van der Waals surface area contributed by atoms with E-state index in [-0.39, 0.29) is 18.2 Å². The van der Waals surface area contributed by atoms with Gasteiger partial charge in [0.15, 0.2) is 0 Å². The number of carbonyl (C=O) groups is 1. The highest BCUT2D eigenvalue weighted by Gasteiger charge is 2.29. The molecule has 1 aliphatic rings. The summed E-state index contributed by atoms with van der Waals surface area (Å²) in [6, 6.07) is 6.26. The van der Waals surface area contributed by atoms with E-state index in [4.69, 9.17) is 0 Å². The van der Waals surface area contributed by atoms with Crippen molar-refractivity contribution in [3.8, 4) is 0 Å². The Balaban J connectivity index is 1.64. The maximum atomic E-state index is 13.2. The van der Waals surface area contributed by atoms with Crippen LogP contribution >= 0.6 is 11.5 Å². The standard InChI is InChI=1S/C17H20FN3O2S/c18-14-3-1-12(2-4-14)16(9-17(22)23)13-5-7-21(8-6-13)10-15-11-24-20-19-15/h1-4,11,13,16H,5-10H2,(H,22,23). The highest BCUT2D eigenvalue weighted by Crippen LogP contribution is 2.35. The van der Waals surface area contributed by atoms with Gasteiger partial charge >= 0.3 is 5.97 Å². The van der Waals surface area contributed by atoms with Crippen LogP contribution in [-0.4, -0.2) is 38.7 Å². The number of piperidine rings is 1. The van der Waals surface area contributed by atoms with Crippen molar-refractivity contribution in [2.45, 2.75) is 31.7 Å². The molecule has 0 aliphatic carbocycles. The second-order valence-electron chi connectivity index (χ2n) is 6.27. The maximum absolute atomic E-state index is 13.2. The molecule has 1 aromatic carbocycles. The molecule has 0 spiro atoms. The number of likely N-dealkylation sites (tertiary alicyclic amines) is 1. The van der Waals surface area contributed by atoms with Gasteiger partial charge in [0.05, 0.1) is 12.1 Å². The van der Waals surface area contributed by atoms with Crippen molar-refractivity contribution in [2.24, 2.45) is 5.92 Å². The number of rotatable bonds is 6. The SMILES string of the molecule is O=C(O)CC(c1ccc(F)cc1)C1CCN(Cc2csnn2)CC1. The zero-order valence-electron chi connectivity index (χ0n) is 13.3. The summed E-state index contributed by atoms with van der Waals surface area (Å²) in [5.41, 5.74) is 1.90. The Hall–Kier alpha value is -1.86. The van der Waals surface area contributed by atoms with E-state index in [1.54, 1.807) is 12.1 Å². The molecule has 2 heterocycles. The Morgan fingerprint density at radius 1 is 1.33 bits per heavy atom. The summed E-state index contributed by atoms with van der Waals surface area (Å²) in [5, 5.41) is 15.3. The molecule has 1 fully saturated rings. The third-order valence-electron chi connectivity index (χ3n) is 4.68. The lowest BCUT2D eigenvalue weighted by atomic mass is 9.78. The molecule has 0 radical (unpaired) electrons. The summed E-state index contributed by atoms with van der Waals surface area (Å²) in [6.45, 7) is 2.63. The lowest BCUT2D eigenvalue weighted by molar-refractivity contribution is -0.137. The number of carboxylic acid groups (broad SMARTS) is 1. The number of aromatic nitrogens is 2. The first kappa shape index (κ1) is 17.0. The van der Waals surface area contributed by atoms with Gasteiger partial charge in [0.1, 0.15) is 5.82 Å². The molecule has 128 valence electrons. The lowest BCUT2D eigenvalue weighted by Crippen LogP contribution is -2.35. The van der Waals surface area contributed by atoms with Crippen LogP contribution in [0.5, 0.6) is 0 Å². The van der Waals surface area contributed by atoms with Gasteiger partial charge in [0, 0.05) is 11.9 Å². The van der Waals surface area contributed by atoms with Gasteiger partial charge in [-0.25, -0.2) is 4.39 Å². The van der Waals surface area contributed by atoms with Gasteiger partial charge in [-0.05, 0) is 67.0 Å². The quantitative estimate of drug-likeness (QED) is 0.868. The fourth-order valence-corrected chi connectivity index (χ4v) is 3.89. The molecule has 5 nitrogen and oxygen atoms in total. The van der Waals surface area contributed by atoms with Gasteiger partial charge in [-0.3, -0.25) is 9.69 Å². The molecular formula is C17H20FN3O2S. The largest absolute Gasteiger partial charge is 0.481 e. The van der Waals surface area contributed by atoms with Crippen LogP contribution < -0.4 is 0 Å². The van der Waals surface area contributed by atoms with Gasteiger partial charge in [-0.1, -0.05) is 16.6 Å². The van der Waals surface area contributed by atoms with Crippen molar-refractivity contribution in [2.75, 3.05) is 13.1 Å². The molecule has 24 heavy (non-hydrogen) atoms. The smallest absolute Gasteiger partial charge is 0.303 e. The first-order valence-corrected chi connectivity index (χ1v) is 8.91. The van der Waals surface area contributed by atoms with E-state index in [2.05, 4.69) is 14.5 Å². The molecule has 0 saturated carbocycles. The van der Waals surface area contributed by atoms with Crippen LogP contribution in [0.15, 0.2) is 29.6 Å². The van der Waals surface area contributed by atoms with Gasteiger partial charge in [-0.15, -0.1) is 5.10 Å². The molecule has 1 aromatic heterocycles. The minimum Gasteiger partial charge on any atom is -0.481 e. The molecule has 7 heteroatoms. The topological polar surface area (TPSA) is 66.3 Å². The monoisotopic (exact) mass is 349 g/mol. The first-order chi connectivity index (χ1) is 11.6. The summed E-state index contributed by atoms with van der Waals surface area (Å²) in [6.07, 6.45) is 1.96. The average Bonchev–Trinajstić information content (AvgIpc) is 3.07. The second-order valence-corrected chi connectivity index (χ2v) is 6.88. The Morgan fingerprint density at radius 2 is 2.04 bits per heavy atom. The number of halogens is 1. The third kappa shape index (κ3) is 4.36. The predicted molar refractivity (Wildman–Crippen MR) is 89.3 cm³/mol. The number of benzene rings is 1. The fraction of sp³-hybridized carbons (Fsp3) is 0.471. The van der Waals surface area contributed by atoms with E-state index >= 15 is 0 Å². The van der Waals surface area contributed by atoms with Crippen LogP contribution in [0, 0.1) is 11.7 Å². The van der Waals surface area contributed by atoms with Crippen LogP contribution in [-0.2, 0) is 11.3 Å². The lowest BCUT2D eigenvalue weighted by Gasteiger charge is -2.35. The van der Waals surface area contributed by atoms with E-state index in [1.807, 2.05) is 5.38 Å². The molecular weight excluding hydrogens is 329 g/mol. The Morgan fingerprint density at radius 3 is 2.62 bits per heavy atom. The van der Waals surface area contributed by atoms with Crippen molar-refractivity contribution < 1.29 is 14.3 Å². The van der Waals surface area contributed by atoms with Gasteiger partial charge in [-0.2, -0.15) is 0 Å². The summed E-state index contributed by atoms with van der Waals surface area (Å²) in [4.78, 5) is 13.6. The Kier molecular flexibility index (Phi) is 5.52. The maximum Gasteiger partial charge on any atom is 0.303 e. The van der Waals surface area contributed by atoms with E-state index < -0.39 is 5.97 Å². The molecule has 1 saturated heterocycles. The fourth-order valence-electron chi connectivity index (χ4n) is 3.45. The molecule has 2 aromatic rings. The highest BCUT2D eigenvalue weighted by molar-refractivity contribution is 7.03. The van der Waals surface area contributed by atoms with Crippen LogP contribution in [0.3, 0.4) is 0 Å². The van der Waals surface area contributed by atoms with Gasteiger partial charge < -0.3 is 5.11 Å². The Bertz CT molecular complexity index is 655.